The predicted molar refractivity (Wildman–Crippen MR) is 27.4 cm³/mol. The number of nitrogens with one attached hydrogen (secondary N) is 1. The van der Waals surface area contributed by atoms with Gasteiger partial charge in [-0.25, -0.2) is 8.42 Å². The highest BCUT2D eigenvalue weighted by Crippen LogP contribution is 2.11. The van der Waals surface area contributed by atoms with E-state index >= 15 is 0 Å². The zero-order valence-electron chi connectivity index (χ0n) is 4.90. The second-order valence-electron chi connectivity index (χ2n) is 1.50. The van der Waals surface area contributed by atoms with Crippen molar-refractivity contribution in [3.63, 3.8) is 0 Å². The van der Waals surface area contributed by atoms with Crippen LogP contribution in [0.25, 0.3) is 0 Å². The number of halogens is 2. The van der Waals surface area contributed by atoms with Crippen molar-refractivity contribution in [3.8, 4) is 0 Å². The number of aromatic amines is 1. The first-order valence-corrected chi connectivity index (χ1v) is 3.85. The van der Waals surface area contributed by atoms with Gasteiger partial charge in [0.05, 0.1) is 0 Å². The van der Waals surface area contributed by atoms with E-state index in [2.05, 4.69) is 15.4 Å². The summed E-state index contributed by atoms with van der Waals surface area (Å²) in [5, 5.41) is 9.36. The molecule has 0 saturated heterocycles. The SMILES string of the molecule is O=S(=O)(c1nn[nH]n1)C(F)F. The Labute approximate surface area is 59.5 Å². The lowest BCUT2D eigenvalue weighted by molar-refractivity contribution is 0.233. The van der Waals surface area contributed by atoms with E-state index in [-0.39, 0.29) is 0 Å². The van der Waals surface area contributed by atoms with Crippen molar-refractivity contribution in [3.05, 3.63) is 0 Å². The van der Waals surface area contributed by atoms with Crippen molar-refractivity contribution < 1.29 is 17.2 Å². The van der Waals surface area contributed by atoms with E-state index in [1.54, 1.807) is 5.21 Å². The molecule has 9 heteroatoms. The number of H-pyrrole nitrogens is 1. The third-order valence-corrected chi connectivity index (χ3v) is 1.97. The number of alkyl halides is 2. The Hall–Kier alpha value is -1.12. The molecule has 6 nitrogen and oxygen atoms in total. The van der Waals surface area contributed by atoms with Crippen LogP contribution >= 0.6 is 0 Å². The summed E-state index contributed by atoms with van der Waals surface area (Å²) >= 11 is 0. The molecule has 0 fully saturated rings. The van der Waals surface area contributed by atoms with Crippen LogP contribution in [-0.4, -0.2) is 34.8 Å². The minimum atomic E-state index is -4.68. The van der Waals surface area contributed by atoms with Crippen LogP contribution in [-0.2, 0) is 9.84 Å². The van der Waals surface area contributed by atoms with Crippen LogP contribution in [0.3, 0.4) is 0 Å². The van der Waals surface area contributed by atoms with Gasteiger partial charge < -0.3 is 0 Å². The van der Waals surface area contributed by atoms with E-state index in [0.717, 1.165) is 0 Å². The van der Waals surface area contributed by atoms with Crippen LogP contribution in [0.1, 0.15) is 0 Å². The maximum atomic E-state index is 11.7. The number of rotatable bonds is 2. The Morgan fingerprint density at radius 3 is 2.45 bits per heavy atom. The van der Waals surface area contributed by atoms with Gasteiger partial charge in [-0.3, -0.25) is 0 Å². The average molecular weight is 184 g/mol. The van der Waals surface area contributed by atoms with Crippen LogP contribution in [0, 0.1) is 0 Å². The molecule has 1 N–H and O–H groups in total. The molecule has 0 aromatic carbocycles. The summed E-state index contributed by atoms with van der Waals surface area (Å²) < 4.78 is 44.2. The molecule has 0 radical (unpaired) electrons. The molecule has 0 unspecified atom stereocenters. The van der Waals surface area contributed by atoms with Gasteiger partial charge in [-0.1, -0.05) is 5.10 Å². The summed E-state index contributed by atoms with van der Waals surface area (Å²) in [5.74, 6) is -3.51. The van der Waals surface area contributed by atoms with Crippen LogP contribution in [0.5, 0.6) is 0 Å². The maximum absolute atomic E-state index is 11.7. The molecule has 1 aromatic rings. The molecule has 1 heterocycles. The smallest absolute Gasteiger partial charge is 0.214 e. The lowest BCUT2D eigenvalue weighted by atomic mass is 11.4. The summed E-state index contributed by atoms with van der Waals surface area (Å²) in [4.78, 5) is 0. The summed E-state index contributed by atoms with van der Waals surface area (Å²) in [6.45, 7) is 0. The van der Waals surface area contributed by atoms with E-state index < -0.39 is 20.8 Å². The Bertz CT molecular complexity index is 318. The minimum absolute atomic E-state index is 0.993. The molecule has 0 amide bonds. The zero-order chi connectivity index (χ0) is 8.48. The molecule has 0 saturated carbocycles. The predicted octanol–water partition coefficient (Wildman–Crippen LogP) is -0.804. The number of sulfone groups is 1. The second-order valence-corrected chi connectivity index (χ2v) is 3.31. The molecular weight excluding hydrogens is 182 g/mol. The highest BCUT2D eigenvalue weighted by atomic mass is 32.2. The molecule has 0 bridgehead atoms. The van der Waals surface area contributed by atoms with Crippen LogP contribution < -0.4 is 0 Å². The van der Waals surface area contributed by atoms with Crippen molar-refractivity contribution >= 4 is 9.84 Å². The van der Waals surface area contributed by atoms with Gasteiger partial charge in [0, 0.05) is 0 Å². The minimum Gasteiger partial charge on any atom is -0.214 e. The molecular formula is C2H2F2N4O2S. The molecule has 0 aliphatic heterocycles. The van der Waals surface area contributed by atoms with Gasteiger partial charge in [0.15, 0.2) is 0 Å². The Kier molecular flexibility index (Phi) is 1.81. The largest absolute Gasteiger partial charge is 0.344 e. The quantitative estimate of drug-likeness (QED) is 0.649. The first kappa shape index (κ1) is 7.98. The van der Waals surface area contributed by atoms with Crippen molar-refractivity contribution in [2.75, 3.05) is 0 Å². The van der Waals surface area contributed by atoms with Crippen LogP contribution in [0.2, 0.25) is 0 Å². The number of aromatic nitrogens is 4. The van der Waals surface area contributed by atoms with Gasteiger partial charge in [-0.15, -0.1) is 5.10 Å². The van der Waals surface area contributed by atoms with Gasteiger partial charge in [0.1, 0.15) is 0 Å². The fraction of sp³-hybridized carbons (Fsp3) is 0.500. The molecule has 0 atom stereocenters. The van der Waals surface area contributed by atoms with Crippen LogP contribution in [0.4, 0.5) is 8.78 Å². The van der Waals surface area contributed by atoms with Crippen molar-refractivity contribution in [1.82, 2.24) is 20.6 Å². The summed E-state index contributed by atoms with van der Waals surface area (Å²) in [6.07, 6.45) is 0. The van der Waals surface area contributed by atoms with E-state index in [9.17, 15) is 17.2 Å². The van der Waals surface area contributed by atoms with Gasteiger partial charge in [0.25, 0.3) is 15.0 Å². The van der Waals surface area contributed by atoms with E-state index in [1.807, 2.05) is 0 Å². The molecule has 1 rings (SSSR count). The Balaban J connectivity index is 3.12. The normalized spacial score (nSPS) is 12.3. The number of nitrogens with zero attached hydrogens (tertiary/aromatic N) is 3. The topological polar surface area (TPSA) is 88.6 Å². The van der Waals surface area contributed by atoms with Crippen LogP contribution in [0.15, 0.2) is 5.16 Å². The number of tetrazole rings is 1. The molecule has 11 heavy (non-hydrogen) atoms. The number of hydrogen-bond donors (Lipinski definition) is 1. The highest BCUT2D eigenvalue weighted by Gasteiger charge is 2.30. The lowest BCUT2D eigenvalue weighted by Gasteiger charge is -1.93. The molecule has 62 valence electrons. The molecule has 0 aliphatic rings. The molecule has 0 aliphatic carbocycles. The van der Waals surface area contributed by atoms with E-state index in [1.165, 1.54) is 0 Å². The van der Waals surface area contributed by atoms with E-state index in [0.29, 0.717) is 0 Å². The Morgan fingerprint density at radius 2 is 2.09 bits per heavy atom. The monoisotopic (exact) mass is 184 g/mol. The van der Waals surface area contributed by atoms with E-state index in [4.69, 9.17) is 0 Å². The summed E-state index contributed by atoms with van der Waals surface area (Å²) in [6, 6.07) is 0. The van der Waals surface area contributed by atoms with Crippen molar-refractivity contribution in [2.24, 2.45) is 0 Å². The first-order valence-electron chi connectivity index (χ1n) is 2.30. The maximum Gasteiger partial charge on any atom is 0.344 e. The standard InChI is InChI=1S/C2H2F2N4O2S/c3-1(4)11(9,10)2-5-7-8-6-2/h1H,(H,5,6,7,8). The first-order chi connectivity index (χ1) is 5.05. The second kappa shape index (κ2) is 2.49. The van der Waals surface area contributed by atoms with Crippen molar-refractivity contribution in [2.45, 2.75) is 10.9 Å². The molecule has 1 aromatic heterocycles. The zero-order valence-corrected chi connectivity index (χ0v) is 5.72. The van der Waals surface area contributed by atoms with Gasteiger partial charge in [-0.2, -0.15) is 14.0 Å². The number of hydrogen-bond acceptors (Lipinski definition) is 5. The summed E-state index contributed by atoms with van der Waals surface area (Å²) in [5.41, 5.74) is 0. The summed E-state index contributed by atoms with van der Waals surface area (Å²) in [7, 11) is -4.68. The highest BCUT2D eigenvalue weighted by molar-refractivity contribution is 7.91. The Morgan fingerprint density at radius 1 is 1.45 bits per heavy atom. The van der Waals surface area contributed by atoms with Gasteiger partial charge in [0.2, 0.25) is 0 Å². The fourth-order valence-corrected chi connectivity index (χ4v) is 0.835. The van der Waals surface area contributed by atoms with Crippen molar-refractivity contribution in [1.29, 1.82) is 0 Å². The van der Waals surface area contributed by atoms with Gasteiger partial charge >= 0.3 is 5.76 Å². The lowest BCUT2D eigenvalue weighted by Crippen LogP contribution is -2.13. The fourth-order valence-electron chi connectivity index (χ4n) is 0.353. The average Bonchev–Trinajstić information content (AvgIpc) is 2.37. The van der Waals surface area contributed by atoms with Gasteiger partial charge in [-0.05, 0) is 5.21 Å². The molecule has 0 spiro atoms. The third-order valence-electron chi connectivity index (χ3n) is 0.815. The third kappa shape index (κ3) is 1.31.